The smallest absolute Gasteiger partial charge is 0.328 e. The fourth-order valence-corrected chi connectivity index (χ4v) is 2.06. The number of hydrogen-bond acceptors (Lipinski definition) is 2. The number of aromatic nitrogens is 2. The average molecular weight is 342 g/mol. The van der Waals surface area contributed by atoms with Gasteiger partial charge < -0.3 is 5.11 Å². The molecule has 0 unspecified atom stereocenters. The molecule has 1 aromatic heterocycles. The van der Waals surface area contributed by atoms with Crippen molar-refractivity contribution in [1.29, 1.82) is 0 Å². The minimum Gasteiger partial charge on any atom is -0.478 e. The van der Waals surface area contributed by atoms with Crippen LogP contribution in [0.2, 0.25) is 5.02 Å². The quantitative estimate of drug-likeness (QED) is 0.866. The van der Waals surface area contributed by atoms with Gasteiger partial charge in [0, 0.05) is 22.3 Å². The maximum absolute atomic E-state index is 10.6. The first-order valence-corrected chi connectivity index (χ1v) is 6.57. The van der Waals surface area contributed by atoms with Gasteiger partial charge in [-0.1, -0.05) is 33.6 Å². The van der Waals surface area contributed by atoms with E-state index in [0.717, 1.165) is 27.5 Å². The summed E-state index contributed by atoms with van der Waals surface area (Å²) in [7, 11) is 0. The molecule has 0 atom stereocenters. The van der Waals surface area contributed by atoms with Gasteiger partial charge in [0.2, 0.25) is 0 Å². The third-order valence-corrected chi connectivity index (χ3v) is 3.35. The summed E-state index contributed by atoms with van der Waals surface area (Å²) < 4.78 is 2.50. The molecule has 19 heavy (non-hydrogen) atoms. The summed E-state index contributed by atoms with van der Waals surface area (Å²) >= 11 is 9.38. The Hall–Kier alpha value is -1.59. The number of carbonyl (C=O) groups is 1. The van der Waals surface area contributed by atoms with Crippen molar-refractivity contribution in [2.24, 2.45) is 0 Å². The highest BCUT2D eigenvalue weighted by Crippen LogP contribution is 2.23. The van der Waals surface area contributed by atoms with Gasteiger partial charge in [0.05, 0.1) is 16.4 Å². The Morgan fingerprint density at radius 3 is 2.84 bits per heavy atom. The Kier molecular flexibility index (Phi) is 4.07. The second-order valence-corrected chi connectivity index (χ2v) is 5.20. The molecule has 0 aliphatic rings. The van der Waals surface area contributed by atoms with E-state index in [9.17, 15) is 4.79 Å². The summed E-state index contributed by atoms with van der Waals surface area (Å²) in [6.45, 7) is 1.81. The lowest BCUT2D eigenvalue weighted by Gasteiger charge is -2.06. The van der Waals surface area contributed by atoms with Crippen molar-refractivity contribution in [3.63, 3.8) is 0 Å². The van der Waals surface area contributed by atoms with Crippen LogP contribution in [0.3, 0.4) is 0 Å². The lowest BCUT2D eigenvalue weighted by atomic mass is 10.1. The monoisotopic (exact) mass is 340 g/mol. The molecule has 0 saturated heterocycles. The number of aryl methyl sites for hydroxylation is 1. The van der Waals surface area contributed by atoms with Crippen LogP contribution < -0.4 is 0 Å². The predicted octanol–water partition coefficient (Wildman–Crippen LogP) is 3.69. The van der Waals surface area contributed by atoms with Gasteiger partial charge in [-0.15, -0.1) is 0 Å². The predicted molar refractivity (Wildman–Crippen MR) is 77.7 cm³/mol. The molecule has 0 radical (unpaired) electrons. The maximum Gasteiger partial charge on any atom is 0.328 e. The van der Waals surface area contributed by atoms with Crippen molar-refractivity contribution < 1.29 is 9.90 Å². The van der Waals surface area contributed by atoms with Crippen LogP contribution in [-0.2, 0) is 4.79 Å². The Bertz CT molecular complexity index is 645. The molecule has 0 bridgehead atoms. The molecule has 1 heterocycles. The highest BCUT2D eigenvalue weighted by molar-refractivity contribution is 9.10. The van der Waals surface area contributed by atoms with E-state index >= 15 is 0 Å². The van der Waals surface area contributed by atoms with Gasteiger partial charge in [0.25, 0.3) is 0 Å². The first-order valence-electron chi connectivity index (χ1n) is 5.40. The molecule has 6 heteroatoms. The fraction of sp³-hybridized carbons (Fsp3) is 0.0769. The Morgan fingerprint density at radius 1 is 1.53 bits per heavy atom. The zero-order chi connectivity index (χ0) is 14.0. The van der Waals surface area contributed by atoms with Crippen LogP contribution in [-0.4, -0.2) is 20.9 Å². The van der Waals surface area contributed by atoms with Gasteiger partial charge in [-0.05, 0) is 25.1 Å². The van der Waals surface area contributed by atoms with Gasteiger partial charge in [-0.25, -0.2) is 9.48 Å². The van der Waals surface area contributed by atoms with E-state index in [4.69, 9.17) is 16.7 Å². The molecule has 0 aliphatic heterocycles. The summed E-state index contributed by atoms with van der Waals surface area (Å²) in [4.78, 5) is 10.6. The summed E-state index contributed by atoms with van der Waals surface area (Å²) in [6.07, 6.45) is 4.30. The van der Waals surface area contributed by atoms with Gasteiger partial charge >= 0.3 is 5.97 Å². The average Bonchev–Trinajstić information content (AvgIpc) is 2.68. The van der Waals surface area contributed by atoms with E-state index in [2.05, 4.69) is 21.0 Å². The molecule has 0 spiro atoms. The Morgan fingerprint density at radius 2 is 2.26 bits per heavy atom. The highest BCUT2D eigenvalue weighted by Gasteiger charge is 2.08. The number of carboxylic acids is 1. The molecule has 0 aliphatic carbocycles. The number of halogens is 2. The van der Waals surface area contributed by atoms with E-state index in [0.29, 0.717) is 5.02 Å². The number of benzene rings is 1. The molecular weight excluding hydrogens is 332 g/mol. The standard InChI is InChI=1S/C13H10BrClN2O2/c1-8-11(15)7-17(16-8)12-6-10(14)4-2-9(12)3-5-13(18)19/h2-7H,1H3,(H,18,19). The SMILES string of the molecule is Cc1nn(-c2cc(Br)ccc2C=CC(=O)O)cc1Cl. The molecule has 2 aromatic rings. The second kappa shape index (κ2) is 5.59. The number of rotatable bonds is 3. The summed E-state index contributed by atoms with van der Waals surface area (Å²) in [6, 6.07) is 5.50. The van der Waals surface area contributed by atoms with Crippen molar-refractivity contribution in [2.75, 3.05) is 0 Å². The minimum absolute atomic E-state index is 0.563. The minimum atomic E-state index is -0.997. The van der Waals surface area contributed by atoms with E-state index < -0.39 is 5.97 Å². The molecule has 4 nitrogen and oxygen atoms in total. The van der Waals surface area contributed by atoms with Crippen LogP contribution >= 0.6 is 27.5 Å². The number of nitrogens with zero attached hydrogens (tertiary/aromatic N) is 2. The maximum atomic E-state index is 10.6. The van der Waals surface area contributed by atoms with Crippen molar-refractivity contribution in [1.82, 2.24) is 9.78 Å². The van der Waals surface area contributed by atoms with Crippen molar-refractivity contribution >= 4 is 39.6 Å². The van der Waals surface area contributed by atoms with Crippen LogP contribution in [0.4, 0.5) is 0 Å². The normalized spacial score (nSPS) is 11.1. The number of hydrogen-bond donors (Lipinski definition) is 1. The third kappa shape index (κ3) is 3.24. The second-order valence-electron chi connectivity index (χ2n) is 3.88. The van der Waals surface area contributed by atoms with Gasteiger partial charge in [0.1, 0.15) is 0 Å². The van der Waals surface area contributed by atoms with E-state index in [1.807, 2.05) is 25.1 Å². The third-order valence-electron chi connectivity index (χ3n) is 2.48. The zero-order valence-electron chi connectivity index (χ0n) is 9.97. The molecule has 1 N–H and O–H groups in total. The van der Waals surface area contributed by atoms with E-state index in [1.165, 1.54) is 6.08 Å². The van der Waals surface area contributed by atoms with Crippen LogP contribution in [0.1, 0.15) is 11.3 Å². The van der Waals surface area contributed by atoms with E-state index in [-0.39, 0.29) is 0 Å². The molecule has 0 amide bonds. The summed E-state index contributed by atoms with van der Waals surface area (Å²) in [5.74, 6) is -0.997. The van der Waals surface area contributed by atoms with Crippen molar-refractivity contribution in [2.45, 2.75) is 6.92 Å². The van der Waals surface area contributed by atoms with E-state index in [1.54, 1.807) is 10.9 Å². The molecule has 0 saturated carbocycles. The highest BCUT2D eigenvalue weighted by atomic mass is 79.9. The number of carboxylic acid groups (broad SMARTS) is 1. The van der Waals surface area contributed by atoms with Crippen LogP contribution in [0.15, 0.2) is 34.9 Å². The first-order chi connectivity index (χ1) is 8.97. The fourth-order valence-electron chi connectivity index (χ4n) is 1.58. The van der Waals surface area contributed by atoms with Crippen LogP contribution in [0, 0.1) is 6.92 Å². The molecular formula is C13H10BrClN2O2. The van der Waals surface area contributed by atoms with Crippen molar-refractivity contribution in [3.05, 3.63) is 51.2 Å². The summed E-state index contributed by atoms with van der Waals surface area (Å²) in [5.41, 5.74) is 2.21. The summed E-state index contributed by atoms with van der Waals surface area (Å²) in [5, 5.41) is 13.6. The first kappa shape index (κ1) is 13.8. The molecule has 98 valence electrons. The number of aliphatic carboxylic acids is 1. The largest absolute Gasteiger partial charge is 0.478 e. The van der Waals surface area contributed by atoms with Crippen molar-refractivity contribution in [3.8, 4) is 5.69 Å². The molecule has 1 aromatic carbocycles. The van der Waals surface area contributed by atoms with Crippen LogP contribution in [0.5, 0.6) is 0 Å². The zero-order valence-corrected chi connectivity index (χ0v) is 12.3. The van der Waals surface area contributed by atoms with Gasteiger partial charge in [0.15, 0.2) is 0 Å². The van der Waals surface area contributed by atoms with Gasteiger partial charge in [-0.3, -0.25) is 0 Å². The van der Waals surface area contributed by atoms with Crippen LogP contribution in [0.25, 0.3) is 11.8 Å². The van der Waals surface area contributed by atoms with Gasteiger partial charge in [-0.2, -0.15) is 5.10 Å². The Labute approximate surface area is 123 Å². The molecule has 0 fully saturated rings. The molecule has 2 rings (SSSR count). The lowest BCUT2D eigenvalue weighted by molar-refractivity contribution is -0.131. The Balaban J connectivity index is 2.54. The lowest BCUT2D eigenvalue weighted by Crippen LogP contribution is -1.98. The topological polar surface area (TPSA) is 55.1 Å².